The van der Waals surface area contributed by atoms with Gasteiger partial charge in [0.1, 0.15) is 10.9 Å². The summed E-state index contributed by atoms with van der Waals surface area (Å²) in [4.78, 5) is 15.9. The number of benzene rings is 1. The third-order valence-corrected chi connectivity index (χ3v) is 3.37. The highest BCUT2D eigenvalue weighted by Gasteiger charge is 2.11. The monoisotopic (exact) mass is 340 g/mol. The first kappa shape index (κ1) is 13.8. The van der Waals surface area contributed by atoms with E-state index < -0.39 is 0 Å². The molecule has 19 heavy (non-hydrogen) atoms. The number of aromatic nitrogens is 1. The summed E-state index contributed by atoms with van der Waals surface area (Å²) in [5, 5.41) is 2.91. The number of methoxy groups -OCH3 is 1. The normalized spacial score (nSPS) is 10.1. The van der Waals surface area contributed by atoms with Crippen molar-refractivity contribution < 1.29 is 9.53 Å². The van der Waals surface area contributed by atoms with E-state index in [1.165, 1.54) is 6.20 Å². The molecule has 0 bridgehead atoms. The van der Waals surface area contributed by atoms with Gasteiger partial charge in [0, 0.05) is 18.0 Å². The van der Waals surface area contributed by atoms with E-state index in [1.807, 2.05) is 0 Å². The van der Waals surface area contributed by atoms with Crippen LogP contribution >= 0.6 is 27.5 Å². The van der Waals surface area contributed by atoms with Gasteiger partial charge in [0.2, 0.25) is 0 Å². The third kappa shape index (κ3) is 3.24. The minimum Gasteiger partial charge on any atom is -0.495 e. The van der Waals surface area contributed by atoms with Gasteiger partial charge in [-0.05, 0) is 40.2 Å². The van der Waals surface area contributed by atoms with Gasteiger partial charge in [-0.25, -0.2) is 4.98 Å². The summed E-state index contributed by atoms with van der Waals surface area (Å²) in [5.74, 6) is 0.317. The van der Waals surface area contributed by atoms with Gasteiger partial charge in [-0.2, -0.15) is 0 Å². The number of carbonyl (C=O) groups excluding carboxylic acids is 1. The molecule has 6 heteroatoms. The Morgan fingerprint density at radius 3 is 2.89 bits per heavy atom. The van der Waals surface area contributed by atoms with Gasteiger partial charge in [0.05, 0.1) is 17.1 Å². The molecule has 0 radical (unpaired) electrons. The lowest BCUT2D eigenvalue weighted by atomic mass is 10.2. The number of rotatable bonds is 3. The number of anilines is 1. The molecule has 0 spiro atoms. The van der Waals surface area contributed by atoms with Crippen LogP contribution in [-0.2, 0) is 0 Å². The highest BCUT2D eigenvalue weighted by atomic mass is 79.9. The standard InChI is InChI=1S/C13H10BrClN2O2/c1-19-11-7-8(4-5-10(11)14)17-13(18)9-3-2-6-16-12(9)15/h2-7H,1H3,(H,17,18). The SMILES string of the molecule is COc1cc(NC(=O)c2cccnc2Cl)ccc1Br. The zero-order valence-corrected chi connectivity index (χ0v) is 12.3. The van der Waals surface area contributed by atoms with Crippen LogP contribution in [0.5, 0.6) is 5.75 Å². The van der Waals surface area contributed by atoms with Crippen molar-refractivity contribution in [2.24, 2.45) is 0 Å². The maximum absolute atomic E-state index is 12.0. The molecule has 0 aliphatic rings. The van der Waals surface area contributed by atoms with E-state index in [2.05, 4.69) is 26.2 Å². The smallest absolute Gasteiger partial charge is 0.258 e. The number of nitrogens with zero attached hydrogens (tertiary/aromatic N) is 1. The lowest BCUT2D eigenvalue weighted by Crippen LogP contribution is -2.12. The van der Waals surface area contributed by atoms with Crippen molar-refractivity contribution >= 4 is 39.1 Å². The van der Waals surface area contributed by atoms with Gasteiger partial charge in [-0.15, -0.1) is 0 Å². The van der Waals surface area contributed by atoms with Crippen LogP contribution in [0.4, 0.5) is 5.69 Å². The van der Waals surface area contributed by atoms with Crippen molar-refractivity contribution in [2.75, 3.05) is 12.4 Å². The minimum atomic E-state index is -0.317. The Kier molecular flexibility index (Phi) is 4.39. The van der Waals surface area contributed by atoms with Gasteiger partial charge in [-0.1, -0.05) is 11.6 Å². The largest absolute Gasteiger partial charge is 0.495 e. The number of hydrogen-bond donors (Lipinski definition) is 1. The Bertz CT molecular complexity index is 619. The van der Waals surface area contributed by atoms with E-state index in [0.717, 1.165) is 4.47 Å². The second-order valence-electron chi connectivity index (χ2n) is 3.65. The number of pyridine rings is 1. The zero-order chi connectivity index (χ0) is 13.8. The number of ether oxygens (including phenoxy) is 1. The Morgan fingerprint density at radius 2 is 2.21 bits per heavy atom. The number of amides is 1. The average Bonchev–Trinajstić information content (AvgIpc) is 2.41. The predicted molar refractivity (Wildman–Crippen MR) is 77.9 cm³/mol. The summed E-state index contributed by atoms with van der Waals surface area (Å²) in [6, 6.07) is 8.53. The molecule has 0 fully saturated rings. The van der Waals surface area contributed by atoms with Gasteiger partial charge in [0.15, 0.2) is 0 Å². The molecule has 2 rings (SSSR count). The average molecular weight is 342 g/mol. The van der Waals surface area contributed by atoms with E-state index in [-0.39, 0.29) is 11.1 Å². The molecular weight excluding hydrogens is 332 g/mol. The van der Waals surface area contributed by atoms with Gasteiger partial charge >= 0.3 is 0 Å². The Balaban J connectivity index is 2.22. The molecule has 4 nitrogen and oxygen atoms in total. The first-order valence-electron chi connectivity index (χ1n) is 5.37. The summed E-state index contributed by atoms with van der Waals surface area (Å²) in [6.07, 6.45) is 1.53. The lowest BCUT2D eigenvalue weighted by molar-refractivity contribution is 0.102. The Labute approximate surface area is 123 Å². The fourth-order valence-electron chi connectivity index (χ4n) is 1.49. The van der Waals surface area contributed by atoms with Crippen molar-refractivity contribution in [1.82, 2.24) is 4.98 Å². The van der Waals surface area contributed by atoms with Crippen LogP contribution in [-0.4, -0.2) is 18.0 Å². The molecule has 1 aromatic heterocycles. The summed E-state index contributed by atoms with van der Waals surface area (Å²) < 4.78 is 5.97. The first-order chi connectivity index (χ1) is 9.11. The Morgan fingerprint density at radius 1 is 1.42 bits per heavy atom. The van der Waals surface area contributed by atoms with E-state index >= 15 is 0 Å². The molecule has 2 aromatic rings. The second kappa shape index (κ2) is 6.04. The second-order valence-corrected chi connectivity index (χ2v) is 4.86. The van der Waals surface area contributed by atoms with Gasteiger partial charge in [-0.3, -0.25) is 4.79 Å². The summed E-state index contributed by atoms with van der Waals surface area (Å²) >= 11 is 9.21. The molecule has 1 N–H and O–H groups in total. The van der Waals surface area contributed by atoms with Crippen molar-refractivity contribution in [3.05, 3.63) is 51.7 Å². The fourth-order valence-corrected chi connectivity index (χ4v) is 2.11. The van der Waals surface area contributed by atoms with E-state index in [4.69, 9.17) is 16.3 Å². The van der Waals surface area contributed by atoms with Crippen LogP contribution in [0.3, 0.4) is 0 Å². The number of hydrogen-bond acceptors (Lipinski definition) is 3. The zero-order valence-electron chi connectivity index (χ0n) is 9.98. The lowest BCUT2D eigenvalue weighted by Gasteiger charge is -2.09. The quantitative estimate of drug-likeness (QED) is 0.865. The molecule has 0 aliphatic heterocycles. The van der Waals surface area contributed by atoms with Crippen molar-refractivity contribution in [1.29, 1.82) is 0 Å². The summed E-state index contributed by atoms with van der Waals surface area (Å²) in [7, 11) is 1.56. The van der Waals surface area contributed by atoms with E-state index in [9.17, 15) is 4.79 Å². The van der Waals surface area contributed by atoms with Crippen LogP contribution < -0.4 is 10.1 Å². The van der Waals surface area contributed by atoms with Crippen molar-refractivity contribution in [3.63, 3.8) is 0 Å². The van der Waals surface area contributed by atoms with E-state index in [0.29, 0.717) is 17.0 Å². The van der Waals surface area contributed by atoms with E-state index in [1.54, 1.807) is 37.4 Å². The molecule has 0 atom stereocenters. The number of nitrogens with one attached hydrogen (secondary N) is 1. The predicted octanol–water partition coefficient (Wildman–Crippen LogP) is 3.76. The van der Waals surface area contributed by atoms with Crippen LogP contribution in [0.2, 0.25) is 5.15 Å². The maximum Gasteiger partial charge on any atom is 0.258 e. The highest BCUT2D eigenvalue weighted by Crippen LogP contribution is 2.28. The van der Waals surface area contributed by atoms with Crippen molar-refractivity contribution in [3.8, 4) is 5.75 Å². The molecule has 98 valence electrons. The third-order valence-electron chi connectivity index (χ3n) is 2.41. The molecule has 0 unspecified atom stereocenters. The fraction of sp³-hybridized carbons (Fsp3) is 0.0769. The molecule has 1 amide bonds. The summed E-state index contributed by atoms with van der Waals surface area (Å²) in [5.41, 5.74) is 0.941. The minimum absolute atomic E-state index is 0.170. The van der Waals surface area contributed by atoms with Crippen LogP contribution in [0.15, 0.2) is 41.0 Å². The molecule has 1 heterocycles. The van der Waals surface area contributed by atoms with Gasteiger partial charge in [0.25, 0.3) is 5.91 Å². The summed E-state index contributed by atoms with van der Waals surface area (Å²) in [6.45, 7) is 0. The molecule has 1 aromatic carbocycles. The maximum atomic E-state index is 12.0. The highest BCUT2D eigenvalue weighted by molar-refractivity contribution is 9.10. The molecule has 0 aliphatic carbocycles. The van der Waals surface area contributed by atoms with Crippen LogP contribution in [0.25, 0.3) is 0 Å². The molecule has 0 saturated carbocycles. The van der Waals surface area contributed by atoms with Crippen molar-refractivity contribution in [2.45, 2.75) is 0 Å². The topological polar surface area (TPSA) is 51.2 Å². The Hall–Kier alpha value is -1.59. The van der Waals surface area contributed by atoms with Crippen LogP contribution in [0, 0.1) is 0 Å². The van der Waals surface area contributed by atoms with Crippen LogP contribution in [0.1, 0.15) is 10.4 Å². The number of carbonyl (C=O) groups is 1. The molecular formula is C13H10BrClN2O2. The molecule has 0 saturated heterocycles. The number of halogens is 2. The first-order valence-corrected chi connectivity index (χ1v) is 6.54. The van der Waals surface area contributed by atoms with Gasteiger partial charge < -0.3 is 10.1 Å².